The van der Waals surface area contributed by atoms with E-state index in [2.05, 4.69) is 5.32 Å². The highest BCUT2D eigenvalue weighted by Gasteiger charge is 2.20. The summed E-state index contributed by atoms with van der Waals surface area (Å²) < 4.78 is 16.9. The Morgan fingerprint density at radius 1 is 1.08 bits per heavy atom. The standard InChI is InChI=1S/C20H23NO4/c1-4-17(25-16-7-5-13(2)14(3)11-16)20(22)21-15-6-8-18-19(12-15)24-10-9-23-18/h5-8,11-12,17H,4,9-10H2,1-3H3,(H,21,22). The fourth-order valence-electron chi connectivity index (χ4n) is 2.62. The van der Waals surface area contributed by atoms with E-state index in [4.69, 9.17) is 14.2 Å². The van der Waals surface area contributed by atoms with Crippen molar-refractivity contribution in [1.29, 1.82) is 0 Å². The van der Waals surface area contributed by atoms with Gasteiger partial charge in [0.1, 0.15) is 19.0 Å². The summed E-state index contributed by atoms with van der Waals surface area (Å²) in [6, 6.07) is 11.2. The van der Waals surface area contributed by atoms with Crippen molar-refractivity contribution in [3.63, 3.8) is 0 Å². The summed E-state index contributed by atoms with van der Waals surface area (Å²) in [5.74, 6) is 1.86. The van der Waals surface area contributed by atoms with Gasteiger partial charge in [0, 0.05) is 11.8 Å². The average molecular weight is 341 g/mol. The van der Waals surface area contributed by atoms with Gasteiger partial charge in [-0.05, 0) is 55.7 Å². The molecule has 2 aromatic rings. The minimum atomic E-state index is -0.560. The molecule has 1 heterocycles. The maximum absolute atomic E-state index is 12.6. The monoisotopic (exact) mass is 341 g/mol. The van der Waals surface area contributed by atoms with Gasteiger partial charge in [0.15, 0.2) is 17.6 Å². The van der Waals surface area contributed by atoms with Crippen molar-refractivity contribution in [3.8, 4) is 17.2 Å². The van der Waals surface area contributed by atoms with Gasteiger partial charge in [-0.25, -0.2) is 0 Å². The van der Waals surface area contributed by atoms with Gasteiger partial charge in [-0.3, -0.25) is 4.79 Å². The van der Waals surface area contributed by atoms with E-state index < -0.39 is 6.10 Å². The molecule has 5 nitrogen and oxygen atoms in total. The van der Waals surface area contributed by atoms with Crippen LogP contribution in [0.5, 0.6) is 17.2 Å². The lowest BCUT2D eigenvalue weighted by Crippen LogP contribution is -2.32. The van der Waals surface area contributed by atoms with Crippen molar-refractivity contribution in [1.82, 2.24) is 0 Å². The van der Waals surface area contributed by atoms with Crippen molar-refractivity contribution in [2.45, 2.75) is 33.3 Å². The van der Waals surface area contributed by atoms with Gasteiger partial charge in [-0.2, -0.15) is 0 Å². The molecule has 1 N–H and O–H groups in total. The van der Waals surface area contributed by atoms with E-state index in [9.17, 15) is 4.79 Å². The van der Waals surface area contributed by atoms with Crippen LogP contribution < -0.4 is 19.5 Å². The summed E-state index contributed by atoms with van der Waals surface area (Å²) >= 11 is 0. The Labute approximate surface area is 147 Å². The Kier molecular flexibility index (Phi) is 5.12. The van der Waals surface area contributed by atoms with Crippen molar-refractivity contribution < 1.29 is 19.0 Å². The molecule has 5 heteroatoms. The lowest BCUT2D eigenvalue weighted by Gasteiger charge is -2.20. The molecule has 0 fully saturated rings. The lowest BCUT2D eigenvalue weighted by molar-refractivity contribution is -0.122. The van der Waals surface area contributed by atoms with Crippen LogP contribution in [0.4, 0.5) is 5.69 Å². The molecule has 0 saturated heterocycles. The van der Waals surface area contributed by atoms with Gasteiger partial charge < -0.3 is 19.5 Å². The number of aryl methyl sites for hydroxylation is 2. The van der Waals surface area contributed by atoms with Crippen LogP contribution in [0.15, 0.2) is 36.4 Å². The molecule has 1 aliphatic heterocycles. The predicted molar refractivity (Wildman–Crippen MR) is 96.7 cm³/mol. The van der Waals surface area contributed by atoms with Crippen LogP contribution in [-0.4, -0.2) is 25.2 Å². The number of hydrogen-bond donors (Lipinski definition) is 1. The van der Waals surface area contributed by atoms with E-state index in [1.807, 2.05) is 39.0 Å². The fraction of sp³-hybridized carbons (Fsp3) is 0.350. The maximum atomic E-state index is 12.6. The zero-order chi connectivity index (χ0) is 17.8. The summed E-state index contributed by atoms with van der Waals surface area (Å²) in [5.41, 5.74) is 3.00. The van der Waals surface area contributed by atoms with E-state index in [-0.39, 0.29) is 5.91 Å². The van der Waals surface area contributed by atoms with Crippen molar-refractivity contribution >= 4 is 11.6 Å². The highest BCUT2D eigenvalue weighted by atomic mass is 16.6. The molecule has 1 aliphatic rings. The zero-order valence-corrected chi connectivity index (χ0v) is 14.8. The number of benzene rings is 2. The highest BCUT2D eigenvalue weighted by molar-refractivity contribution is 5.94. The quantitative estimate of drug-likeness (QED) is 0.897. The van der Waals surface area contributed by atoms with Crippen LogP contribution in [-0.2, 0) is 4.79 Å². The first kappa shape index (κ1) is 17.1. The molecule has 0 spiro atoms. The molecule has 25 heavy (non-hydrogen) atoms. The molecule has 0 bridgehead atoms. The summed E-state index contributed by atoms with van der Waals surface area (Å²) in [6.45, 7) is 7.05. The predicted octanol–water partition coefficient (Wildman–Crippen LogP) is 3.87. The molecule has 2 aromatic carbocycles. The first-order valence-corrected chi connectivity index (χ1v) is 8.51. The minimum Gasteiger partial charge on any atom is -0.486 e. The van der Waals surface area contributed by atoms with E-state index in [0.29, 0.717) is 42.6 Å². The van der Waals surface area contributed by atoms with Crippen molar-refractivity contribution in [2.24, 2.45) is 0 Å². The molecule has 1 unspecified atom stereocenters. The topological polar surface area (TPSA) is 56.8 Å². The second-order valence-corrected chi connectivity index (χ2v) is 6.11. The van der Waals surface area contributed by atoms with Crippen LogP contribution in [0.3, 0.4) is 0 Å². The van der Waals surface area contributed by atoms with Crippen molar-refractivity contribution in [2.75, 3.05) is 18.5 Å². The molecule has 0 aromatic heterocycles. The summed E-state index contributed by atoms with van der Waals surface area (Å²) in [4.78, 5) is 12.6. The van der Waals surface area contributed by atoms with Gasteiger partial charge in [-0.1, -0.05) is 13.0 Å². The fourth-order valence-corrected chi connectivity index (χ4v) is 2.62. The third-order valence-electron chi connectivity index (χ3n) is 4.23. The number of amides is 1. The van der Waals surface area contributed by atoms with Crippen LogP contribution in [0.2, 0.25) is 0 Å². The Hall–Kier alpha value is -2.69. The number of nitrogens with one attached hydrogen (secondary N) is 1. The van der Waals surface area contributed by atoms with Gasteiger partial charge in [0.2, 0.25) is 0 Å². The Bertz CT molecular complexity index is 772. The number of hydrogen-bond acceptors (Lipinski definition) is 4. The Morgan fingerprint density at radius 2 is 1.84 bits per heavy atom. The molecular weight excluding hydrogens is 318 g/mol. The molecule has 132 valence electrons. The van der Waals surface area contributed by atoms with Gasteiger partial charge in [0.25, 0.3) is 5.91 Å². The minimum absolute atomic E-state index is 0.183. The van der Waals surface area contributed by atoms with E-state index >= 15 is 0 Å². The van der Waals surface area contributed by atoms with E-state index in [1.54, 1.807) is 18.2 Å². The number of anilines is 1. The summed E-state index contributed by atoms with van der Waals surface area (Å²) in [5, 5.41) is 2.89. The largest absolute Gasteiger partial charge is 0.486 e. The first-order valence-electron chi connectivity index (χ1n) is 8.51. The van der Waals surface area contributed by atoms with Gasteiger partial charge in [0.05, 0.1) is 0 Å². The Balaban J connectivity index is 1.68. The molecule has 0 aliphatic carbocycles. The second-order valence-electron chi connectivity index (χ2n) is 6.11. The number of carbonyl (C=O) groups is 1. The molecule has 0 radical (unpaired) electrons. The van der Waals surface area contributed by atoms with Crippen LogP contribution in [0.1, 0.15) is 24.5 Å². The zero-order valence-electron chi connectivity index (χ0n) is 14.8. The molecule has 1 atom stereocenters. The SMILES string of the molecule is CCC(Oc1ccc(C)c(C)c1)C(=O)Nc1ccc2c(c1)OCCO2. The second kappa shape index (κ2) is 7.47. The van der Waals surface area contributed by atoms with Crippen LogP contribution >= 0.6 is 0 Å². The highest BCUT2D eigenvalue weighted by Crippen LogP contribution is 2.32. The lowest BCUT2D eigenvalue weighted by atomic mass is 10.1. The van der Waals surface area contributed by atoms with Gasteiger partial charge in [-0.15, -0.1) is 0 Å². The molecule has 0 saturated carbocycles. The molecular formula is C20H23NO4. The normalized spacial score (nSPS) is 13.9. The van der Waals surface area contributed by atoms with Crippen LogP contribution in [0, 0.1) is 13.8 Å². The molecule has 3 rings (SSSR count). The van der Waals surface area contributed by atoms with Crippen molar-refractivity contribution in [3.05, 3.63) is 47.5 Å². The van der Waals surface area contributed by atoms with Gasteiger partial charge >= 0.3 is 0 Å². The number of ether oxygens (including phenoxy) is 3. The number of rotatable bonds is 5. The Morgan fingerprint density at radius 3 is 2.56 bits per heavy atom. The number of fused-ring (bicyclic) bond motifs is 1. The van der Waals surface area contributed by atoms with E-state index in [1.165, 1.54) is 5.56 Å². The van der Waals surface area contributed by atoms with E-state index in [0.717, 1.165) is 5.56 Å². The van der Waals surface area contributed by atoms with Crippen LogP contribution in [0.25, 0.3) is 0 Å². The first-order chi connectivity index (χ1) is 12.1. The summed E-state index contributed by atoms with van der Waals surface area (Å²) in [6.07, 6.45) is 0.0128. The smallest absolute Gasteiger partial charge is 0.265 e. The third kappa shape index (κ3) is 4.05. The maximum Gasteiger partial charge on any atom is 0.265 e. The third-order valence-corrected chi connectivity index (χ3v) is 4.23. The summed E-state index contributed by atoms with van der Waals surface area (Å²) in [7, 11) is 0. The average Bonchev–Trinajstić information content (AvgIpc) is 2.62. The molecule has 1 amide bonds. The number of carbonyl (C=O) groups excluding carboxylic acids is 1.